The second-order valence-electron chi connectivity index (χ2n) is 9.14. The number of nitrogens with one attached hydrogen (secondary N) is 1. The average molecular weight is 558 g/mol. The van der Waals surface area contributed by atoms with Crippen LogP contribution in [0, 0.1) is 5.92 Å². The fourth-order valence-corrected chi connectivity index (χ4v) is 5.05. The highest BCUT2D eigenvalue weighted by Gasteiger charge is 2.33. The molecule has 10 heteroatoms. The van der Waals surface area contributed by atoms with Gasteiger partial charge in [0.05, 0.1) is 18.1 Å². The van der Waals surface area contributed by atoms with Gasteiger partial charge >= 0.3 is 0 Å². The third-order valence-corrected chi connectivity index (χ3v) is 7.24. The monoisotopic (exact) mass is 557 g/mol. The lowest BCUT2D eigenvalue weighted by Gasteiger charge is -2.25. The van der Waals surface area contributed by atoms with Crippen LogP contribution in [0.3, 0.4) is 0 Å². The maximum atomic E-state index is 13.7. The quantitative estimate of drug-likeness (QED) is 0.213. The molecule has 1 heterocycles. The molecule has 9 nitrogen and oxygen atoms in total. The summed E-state index contributed by atoms with van der Waals surface area (Å²) < 4.78 is 29.3. The third kappa shape index (κ3) is 7.45. The standard InChI is InChI=1S/C30H31N5O4S/c1-2-35(26-14-7-4-8-15-26)30(37)27(29(36)33-40(38,39)18-17-23-11-5-3-6-12-23)19-24-20-32-34(21-24)22-25-13-9-10-16-28(25)31/h3-18,20-21,27H,2,19,22,31H2,1H3,(H,33,36)/b18-17+. The molecule has 0 spiro atoms. The lowest BCUT2D eigenvalue weighted by molar-refractivity contribution is -0.132. The number of anilines is 2. The number of rotatable bonds is 11. The van der Waals surface area contributed by atoms with Crippen LogP contribution < -0.4 is 15.4 Å². The third-order valence-electron chi connectivity index (χ3n) is 6.26. The molecule has 2 amide bonds. The fraction of sp³-hybridized carbons (Fsp3) is 0.167. The van der Waals surface area contributed by atoms with E-state index in [-0.39, 0.29) is 6.42 Å². The molecule has 0 saturated carbocycles. The summed E-state index contributed by atoms with van der Waals surface area (Å²) in [5.41, 5.74) is 9.42. The van der Waals surface area contributed by atoms with Crippen molar-refractivity contribution in [2.24, 2.45) is 5.92 Å². The van der Waals surface area contributed by atoms with Crippen molar-refractivity contribution < 1.29 is 18.0 Å². The highest BCUT2D eigenvalue weighted by molar-refractivity contribution is 7.93. The van der Waals surface area contributed by atoms with E-state index in [9.17, 15) is 18.0 Å². The minimum atomic E-state index is -4.17. The predicted molar refractivity (Wildman–Crippen MR) is 156 cm³/mol. The van der Waals surface area contributed by atoms with Crippen molar-refractivity contribution in [2.75, 3.05) is 17.2 Å². The maximum Gasteiger partial charge on any atom is 0.257 e. The number of nitrogens with two attached hydrogens (primary N) is 1. The second-order valence-corrected chi connectivity index (χ2v) is 10.7. The van der Waals surface area contributed by atoms with Gasteiger partial charge in [0.2, 0.25) is 11.8 Å². The van der Waals surface area contributed by atoms with Gasteiger partial charge in [0.25, 0.3) is 10.0 Å². The van der Waals surface area contributed by atoms with Crippen LogP contribution in [0.25, 0.3) is 6.08 Å². The molecule has 0 fully saturated rings. The Hall–Kier alpha value is -4.70. The molecule has 0 aliphatic heterocycles. The van der Waals surface area contributed by atoms with Crippen LogP contribution in [0.1, 0.15) is 23.6 Å². The number of sulfonamides is 1. The Morgan fingerprint density at radius 3 is 2.33 bits per heavy atom. The molecule has 1 atom stereocenters. The van der Waals surface area contributed by atoms with Crippen molar-refractivity contribution in [1.29, 1.82) is 0 Å². The summed E-state index contributed by atoms with van der Waals surface area (Å²) in [7, 11) is -4.17. The van der Waals surface area contributed by atoms with Crippen molar-refractivity contribution in [2.45, 2.75) is 19.9 Å². The lowest BCUT2D eigenvalue weighted by atomic mass is 9.99. The fourth-order valence-electron chi connectivity index (χ4n) is 4.22. The summed E-state index contributed by atoms with van der Waals surface area (Å²) in [5, 5.41) is 5.28. The Bertz CT molecular complexity index is 1580. The number of carbonyl (C=O) groups is 2. The van der Waals surface area contributed by atoms with E-state index in [0.29, 0.717) is 35.6 Å². The Morgan fingerprint density at radius 1 is 1.00 bits per heavy atom. The Balaban J connectivity index is 1.58. The largest absolute Gasteiger partial charge is 0.398 e. The van der Waals surface area contributed by atoms with E-state index in [1.54, 1.807) is 78.6 Å². The van der Waals surface area contributed by atoms with Crippen LogP contribution >= 0.6 is 0 Å². The number of amides is 2. The number of hydrogen-bond donors (Lipinski definition) is 2. The molecular weight excluding hydrogens is 526 g/mol. The van der Waals surface area contributed by atoms with Gasteiger partial charge in [0, 0.05) is 24.1 Å². The summed E-state index contributed by atoms with van der Waals surface area (Å²) in [4.78, 5) is 28.6. The molecule has 0 aliphatic rings. The van der Waals surface area contributed by atoms with Crippen molar-refractivity contribution in [3.8, 4) is 0 Å². The second kappa shape index (κ2) is 12.9. The van der Waals surface area contributed by atoms with Crippen LogP contribution in [0.4, 0.5) is 11.4 Å². The molecule has 0 saturated heterocycles. The minimum Gasteiger partial charge on any atom is -0.398 e. The highest BCUT2D eigenvalue weighted by atomic mass is 32.2. The molecule has 0 aliphatic carbocycles. The number of nitrogens with zero attached hydrogens (tertiary/aromatic N) is 3. The highest BCUT2D eigenvalue weighted by Crippen LogP contribution is 2.20. The molecule has 3 N–H and O–H groups in total. The molecule has 0 bridgehead atoms. The van der Waals surface area contributed by atoms with Gasteiger partial charge in [0.1, 0.15) is 5.92 Å². The van der Waals surface area contributed by atoms with E-state index < -0.39 is 27.8 Å². The number of aromatic nitrogens is 2. The Labute approximate surface area is 234 Å². The van der Waals surface area contributed by atoms with Gasteiger partial charge in [0.15, 0.2) is 0 Å². The summed E-state index contributed by atoms with van der Waals surface area (Å²) in [5.74, 6) is -2.76. The number of para-hydroxylation sites is 2. The van der Waals surface area contributed by atoms with Crippen molar-refractivity contribution in [3.63, 3.8) is 0 Å². The molecule has 206 valence electrons. The summed E-state index contributed by atoms with van der Waals surface area (Å²) in [6.07, 6.45) is 4.63. The summed E-state index contributed by atoms with van der Waals surface area (Å²) in [6, 6.07) is 25.2. The zero-order valence-electron chi connectivity index (χ0n) is 22.1. The maximum absolute atomic E-state index is 13.7. The first-order valence-corrected chi connectivity index (χ1v) is 14.3. The van der Waals surface area contributed by atoms with Gasteiger partial charge in [-0.2, -0.15) is 5.10 Å². The van der Waals surface area contributed by atoms with Gasteiger partial charge in [-0.15, -0.1) is 0 Å². The molecule has 4 rings (SSSR count). The first-order valence-electron chi connectivity index (χ1n) is 12.8. The molecule has 1 unspecified atom stereocenters. The van der Waals surface area contributed by atoms with E-state index in [4.69, 9.17) is 5.73 Å². The normalized spacial score (nSPS) is 12.2. The van der Waals surface area contributed by atoms with Crippen molar-refractivity contribution in [3.05, 3.63) is 119 Å². The van der Waals surface area contributed by atoms with Gasteiger partial charge in [-0.1, -0.05) is 66.7 Å². The number of benzene rings is 3. The van der Waals surface area contributed by atoms with Crippen LogP contribution in [0.2, 0.25) is 0 Å². The van der Waals surface area contributed by atoms with Gasteiger partial charge in [-0.25, -0.2) is 13.1 Å². The van der Waals surface area contributed by atoms with Crippen LogP contribution in [-0.2, 0) is 32.6 Å². The van der Waals surface area contributed by atoms with Crippen LogP contribution in [0.15, 0.2) is 103 Å². The van der Waals surface area contributed by atoms with Gasteiger partial charge in [-0.3, -0.25) is 14.3 Å². The zero-order valence-corrected chi connectivity index (χ0v) is 22.9. The minimum absolute atomic E-state index is 0.0454. The molecule has 0 radical (unpaired) electrons. The SMILES string of the molecule is CCN(C(=O)C(Cc1cnn(Cc2ccccc2N)c1)C(=O)NS(=O)(=O)/C=C/c1ccccc1)c1ccccc1. The summed E-state index contributed by atoms with van der Waals surface area (Å²) in [6.45, 7) is 2.49. The van der Waals surface area contributed by atoms with E-state index in [1.165, 1.54) is 11.0 Å². The number of carbonyl (C=O) groups excluding carboxylic acids is 2. The first kappa shape index (κ1) is 28.3. The smallest absolute Gasteiger partial charge is 0.257 e. The summed E-state index contributed by atoms with van der Waals surface area (Å²) >= 11 is 0. The topological polar surface area (TPSA) is 127 Å². The zero-order chi connectivity index (χ0) is 28.5. The van der Waals surface area contributed by atoms with Crippen LogP contribution in [0.5, 0.6) is 0 Å². The van der Waals surface area contributed by atoms with E-state index in [2.05, 4.69) is 9.82 Å². The van der Waals surface area contributed by atoms with Crippen molar-refractivity contribution >= 4 is 39.3 Å². The van der Waals surface area contributed by atoms with Gasteiger partial charge in [-0.05, 0) is 54.3 Å². The molecule has 1 aromatic heterocycles. The first-order chi connectivity index (χ1) is 19.3. The lowest BCUT2D eigenvalue weighted by Crippen LogP contribution is -2.46. The predicted octanol–water partition coefficient (Wildman–Crippen LogP) is 3.84. The molecule has 3 aromatic carbocycles. The number of nitrogen functional groups attached to an aromatic ring is 1. The van der Waals surface area contributed by atoms with E-state index in [1.807, 2.05) is 30.3 Å². The van der Waals surface area contributed by atoms with Gasteiger partial charge < -0.3 is 10.6 Å². The molecular formula is C30H31N5O4S. The van der Waals surface area contributed by atoms with Crippen LogP contribution in [-0.4, -0.2) is 36.6 Å². The average Bonchev–Trinajstić information content (AvgIpc) is 3.40. The van der Waals surface area contributed by atoms with E-state index in [0.717, 1.165) is 11.0 Å². The van der Waals surface area contributed by atoms with E-state index >= 15 is 0 Å². The molecule has 4 aromatic rings. The Kier molecular flexibility index (Phi) is 9.13. The number of hydrogen-bond acceptors (Lipinski definition) is 6. The Morgan fingerprint density at radius 2 is 1.65 bits per heavy atom. The van der Waals surface area contributed by atoms with Crippen molar-refractivity contribution in [1.82, 2.24) is 14.5 Å². The molecule has 40 heavy (non-hydrogen) atoms.